The van der Waals surface area contributed by atoms with E-state index in [0.717, 1.165) is 32.1 Å². The van der Waals surface area contributed by atoms with E-state index in [9.17, 15) is 9.90 Å². The van der Waals surface area contributed by atoms with E-state index in [2.05, 4.69) is 39.0 Å². The summed E-state index contributed by atoms with van der Waals surface area (Å²) < 4.78 is 0. The van der Waals surface area contributed by atoms with Gasteiger partial charge in [0.05, 0.1) is 5.41 Å². The van der Waals surface area contributed by atoms with Gasteiger partial charge in [0.15, 0.2) is 0 Å². The molecule has 2 heteroatoms. The number of rotatable bonds is 2. The Morgan fingerprint density at radius 3 is 2.46 bits per heavy atom. The molecule has 1 saturated carbocycles. The highest BCUT2D eigenvalue weighted by Gasteiger charge is 2.55. The first-order chi connectivity index (χ1) is 11.3. The summed E-state index contributed by atoms with van der Waals surface area (Å²) >= 11 is 0. The van der Waals surface area contributed by atoms with Crippen molar-refractivity contribution < 1.29 is 9.90 Å². The minimum atomic E-state index is -0.606. The second kappa shape index (κ2) is 6.90. The Labute approximate surface area is 147 Å². The zero-order chi connectivity index (χ0) is 18.1. The van der Waals surface area contributed by atoms with Gasteiger partial charge in [0.1, 0.15) is 0 Å². The Hall–Kier alpha value is -1.31. The van der Waals surface area contributed by atoms with Crippen LogP contribution in [-0.2, 0) is 16.6 Å². The zero-order valence-electron chi connectivity index (χ0n) is 16.3. The van der Waals surface area contributed by atoms with Crippen LogP contribution in [0.2, 0.25) is 0 Å². The van der Waals surface area contributed by atoms with Crippen molar-refractivity contribution in [2.45, 2.75) is 85.0 Å². The van der Waals surface area contributed by atoms with Crippen LogP contribution in [0.1, 0.15) is 89.8 Å². The number of benzene rings is 1. The first-order valence-electron chi connectivity index (χ1n) is 9.66. The summed E-state index contributed by atoms with van der Waals surface area (Å²) in [5, 5.41) is 9.82. The fourth-order valence-electron chi connectivity index (χ4n) is 5.13. The van der Waals surface area contributed by atoms with Crippen molar-refractivity contribution in [3.8, 4) is 0 Å². The smallest absolute Gasteiger partial charge is 0.309 e. The lowest BCUT2D eigenvalue weighted by Gasteiger charge is -2.53. The average Bonchev–Trinajstić information content (AvgIpc) is 2.56. The van der Waals surface area contributed by atoms with E-state index in [1.54, 1.807) is 0 Å². The molecule has 3 rings (SSSR count). The highest BCUT2D eigenvalue weighted by atomic mass is 16.4. The second-order valence-corrected chi connectivity index (χ2v) is 8.16. The highest BCUT2D eigenvalue weighted by molar-refractivity contribution is 5.75. The van der Waals surface area contributed by atoms with Gasteiger partial charge in [0, 0.05) is 0 Å². The molecule has 2 aliphatic carbocycles. The van der Waals surface area contributed by atoms with Crippen LogP contribution in [0.4, 0.5) is 0 Å². The monoisotopic (exact) mass is 330 g/mol. The third-order valence-corrected chi connectivity index (χ3v) is 6.53. The first kappa shape index (κ1) is 19.0. The van der Waals surface area contributed by atoms with E-state index < -0.39 is 11.4 Å². The summed E-state index contributed by atoms with van der Waals surface area (Å²) in [6.07, 6.45) is 4.99. The van der Waals surface area contributed by atoms with Gasteiger partial charge in [-0.25, -0.2) is 0 Å². The van der Waals surface area contributed by atoms with Crippen LogP contribution in [0.25, 0.3) is 0 Å². The van der Waals surface area contributed by atoms with Crippen LogP contribution in [0.3, 0.4) is 0 Å². The molecule has 2 aliphatic rings. The van der Waals surface area contributed by atoms with Crippen molar-refractivity contribution in [2.24, 2.45) is 11.3 Å². The molecule has 1 N–H and O–H groups in total. The van der Waals surface area contributed by atoms with Crippen LogP contribution in [0, 0.1) is 11.3 Å². The molecule has 0 aliphatic heterocycles. The minimum Gasteiger partial charge on any atom is -0.481 e. The molecule has 0 amide bonds. The molecule has 0 heterocycles. The van der Waals surface area contributed by atoms with Crippen molar-refractivity contribution in [2.75, 3.05) is 0 Å². The van der Waals surface area contributed by atoms with E-state index >= 15 is 0 Å². The third-order valence-electron chi connectivity index (χ3n) is 6.53. The van der Waals surface area contributed by atoms with Gasteiger partial charge in [-0.1, -0.05) is 59.2 Å². The van der Waals surface area contributed by atoms with Crippen molar-refractivity contribution in [1.29, 1.82) is 0 Å². The Balaban J connectivity index is 0.00000100. The molecule has 0 saturated heterocycles. The number of aryl methyl sites for hydroxylation is 1. The number of carboxylic acid groups (broad SMARTS) is 1. The number of carboxylic acids is 1. The van der Waals surface area contributed by atoms with Gasteiger partial charge in [-0.2, -0.15) is 0 Å². The quantitative estimate of drug-likeness (QED) is 0.729. The van der Waals surface area contributed by atoms with E-state index in [4.69, 9.17) is 0 Å². The molecule has 2 nitrogen and oxygen atoms in total. The minimum absolute atomic E-state index is 0.0223. The molecule has 0 radical (unpaired) electrons. The molecule has 134 valence electrons. The summed E-state index contributed by atoms with van der Waals surface area (Å²) in [5.41, 5.74) is 3.73. The molecule has 0 aromatic heterocycles. The van der Waals surface area contributed by atoms with Crippen LogP contribution < -0.4 is 0 Å². The van der Waals surface area contributed by atoms with Crippen molar-refractivity contribution in [1.82, 2.24) is 0 Å². The van der Waals surface area contributed by atoms with Crippen molar-refractivity contribution >= 4 is 5.97 Å². The summed E-state index contributed by atoms with van der Waals surface area (Å²) in [6.45, 7) is 12.8. The number of hydrogen-bond donors (Lipinski definition) is 1. The molecule has 3 unspecified atom stereocenters. The van der Waals surface area contributed by atoms with E-state index in [0.29, 0.717) is 5.92 Å². The maximum atomic E-state index is 11.9. The van der Waals surface area contributed by atoms with Crippen molar-refractivity contribution in [3.05, 3.63) is 34.9 Å². The molecule has 1 fully saturated rings. The van der Waals surface area contributed by atoms with Gasteiger partial charge < -0.3 is 5.11 Å². The first-order valence-corrected chi connectivity index (χ1v) is 9.66. The molecule has 0 spiro atoms. The summed E-state index contributed by atoms with van der Waals surface area (Å²) in [7, 11) is 0. The predicted molar refractivity (Wildman–Crippen MR) is 101 cm³/mol. The fourth-order valence-corrected chi connectivity index (χ4v) is 5.13. The fraction of sp³-hybridized carbons (Fsp3) is 0.682. The van der Waals surface area contributed by atoms with Gasteiger partial charge in [0.2, 0.25) is 0 Å². The molecular weight excluding hydrogens is 296 g/mol. The van der Waals surface area contributed by atoms with Crippen LogP contribution in [-0.4, -0.2) is 11.1 Å². The lowest BCUT2D eigenvalue weighted by Crippen LogP contribution is -2.52. The number of aliphatic carboxylic acids is 1. The van der Waals surface area contributed by atoms with Gasteiger partial charge in [-0.3, -0.25) is 4.79 Å². The standard InChI is InChI=1S/C20H28O2.C2H6/c1-13(2)14-6-8-16-15(12-14)7-9-17-19(16,3)10-5-11-20(17,4)18(21)22;1-2/h6,8,12-13,17H,5,7,9-11H2,1-4H3,(H,21,22);1-2H3. The Morgan fingerprint density at radius 1 is 1.21 bits per heavy atom. The molecular formula is C22H34O2. The van der Waals surface area contributed by atoms with Gasteiger partial charge in [-0.05, 0) is 66.5 Å². The van der Waals surface area contributed by atoms with Gasteiger partial charge in [0.25, 0.3) is 0 Å². The zero-order valence-corrected chi connectivity index (χ0v) is 16.3. The molecule has 1 aromatic rings. The Morgan fingerprint density at radius 2 is 1.88 bits per heavy atom. The van der Waals surface area contributed by atoms with Crippen LogP contribution >= 0.6 is 0 Å². The normalized spacial score (nSPS) is 31.5. The van der Waals surface area contributed by atoms with Crippen molar-refractivity contribution in [3.63, 3.8) is 0 Å². The Bertz CT molecular complexity index is 604. The number of hydrogen-bond acceptors (Lipinski definition) is 1. The topological polar surface area (TPSA) is 37.3 Å². The third kappa shape index (κ3) is 2.89. The summed E-state index contributed by atoms with van der Waals surface area (Å²) in [5.74, 6) is 0.195. The lowest BCUT2D eigenvalue weighted by molar-refractivity contribution is -0.157. The van der Waals surface area contributed by atoms with E-state index in [1.165, 1.54) is 16.7 Å². The van der Waals surface area contributed by atoms with Gasteiger partial charge >= 0.3 is 5.97 Å². The highest BCUT2D eigenvalue weighted by Crippen LogP contribution is 2.57. The molecule has 0 bridgehead atoms. The maximum absolute atomic E-state index is 11.9. The SMILES string of the molecule is CC.CC(C)c1ccc2c(c1)CCC1C(C)(C(=O)O)CCCC21C. The van der Waals surface area contributed by atoms with E-state index in [1.807, 2.05) is 20.8 Å². The average molecular weight is 331 g/mol. The number of fused-ring (bicyclic) bond motifs is 3. The number of carbonyl (C=O) groups is 1. The van der Waals surface area contributed by atoms with E-state index in [-0.39, 0.29) is 11.3 Å². The predicted octanol–water partition coefficient (Wildman–Crippen LogP) is 5.93. The Kier molecular flexibility index (Phi) is 5.47. The molecule has 24 heavy (non-hydrogen) atoms. The maximum Gasteiger partial charge on any atom is 0.309 e. The second-order valence-electron chi connectivity index (χ2n) is 8.16. The van der Waals surface area contributed by atoms with Crippen LogP contribution in [0.5, 0.6) is 0 Å². The lowest BCUT2D eigenvalue weighted by atomic mass is 9.50. The van der Waals surface area contributed by atoms with Crippen LogP contribution in [0.15, 0.2) is 18.2 Å². The van der Waals surface area contributed by atoms with Gasteiger partial charge in [-0.15, -0.1) is 0 Å². The largest absolute Gasteiger partial charge is 0.481 e. The molecule has 1 aromatic carbocycles. The molecule has 3 atom stereocenters. The summed E-state index contributed by atoms with van der Waals surface area (Å²) in [6, 6.07) is 6.92. The summed E-state index contributed by atoms with van der Waals surface area (Å²) in [4.78, 5) is 11.9.